The number of nitrogens with one attached hydrogen (secondary N) is 1. The standard InChI is InChI=1S/C18H27NO2/c1-14-5-2-3-10-19(14)12-17(20)13-21-18-9-8-15-6-4-7-16(15)11-18/h8-9,11,14,17,20H,2-7,10,12-13H2,1H3/p+1/t14-,17-/m0/s1. The van der Waals surface area contributed by atoms with Crippen molar-refractivity contribution in [3.05, 3.63) is 29.3 Å². The summed E-state index contributed by atoms with van der Waals surface area (Å²) in [5, 5.41) is 10.2. The molecule has 3 atom stereocenters. The average molecular weight is 290 g/mol. The molecule has 21 heavy (non-hydrogen) atoms. The minimum absolute atomic E-state index is 0.367. The Bertz CT molecular complexity index is 474. The molecule has 1 aromatic carbocycles. The van der Waals surface area contributed by atoms with E-state index in [0.29, 0.717) is 12.6 Å². The molecule has 116 valence electrons. The first-order chi connectivity index (χ1) is 10.2. The SMILES string of the molecule is C[C@H]1CCCC[NH+]1C[C@H](O)COc1ccc2c(c1)CCC2. The molecule has 0 aromatic heterocycles. The maximum absolute atomic E-state index is 10.2. The van der Waals surface area contributed by atoms with Gasteiger partial charge < -0.3 is 14.7 Å². The van der Waals surface area contributed by atoms with Gasteiger partial charge in [0, 0.05) is 0 Å². The fourth-order valence-electron chi connectivity index (χ4n) is 3.75. The lowest BCUT2D eigenvalue weighted by molar-refractivity contribution is -0.931. The van der Waals surface area contributed by atoms with Gasteiger partial charge in [0.15, 0.2) is 0 Å². The predicted octanol–water partition coefficient (Wildman–Crippen LogP) is 1.37. The highest BCUT2D eigenvalue weighted by Gasteiger charge is 2.24. The number of piperidine rings is 1. The minimum Gasteiger partial charge on any atom is -0.491 e. The first-order valence-corrected chi connectivity index (χ1v) is 8.49. The summed E-state index contributed by atoms with van der Waals surface area (Å²) in [5.41, 5.74) is 2.90. The van der Waals surface area contributed by atoms with Crippen LogP contribution in [-0.4, -0.2) is 36.9 Å². The molecule has 0 spiro atoms. The number of fused-ring (bicyclic) bond motifs is 1. The van der Waals surface area contributed by atoms with Gasteiger partial charge in [-0.05, 0) is 68.7 Å². The van der Waals surface area contributed by atoms with Crippen molar-refractivity contribution in [2.45, 2.75) is 57.6 Å². The molecule has 0 amide bonds. The van der Waals surface area contributed by atoms with E-state index < -0.39 is 0 Å². The van der Waals surface area contributed by atoms with E-state index in [9.17, 15) is 5.11 Å². The summed E-state index contributed by atoms with van der Waals surface area (Å²) >= 11 is 0. The Morgan fingerprint density at radius 2 is 2.10 bits per heavy atom. The van der Waals surface area contributed by atoms with Gasteiger partial charge in [-0.25, -0.2) is 0 Å². The lowest BCUT2D eigenvalue weighted by atomic mass is 10.0. The van der Waals surface area contributed by atoms with Crippen molar-refractivity contribution in [2.75, 3.05) is 19.7 Å². The van der Waals surface area contributed by atoms with Gasteiger partial charge in [0.05, 0.1) is 12.6 Å². The van der Waals surface area contributed by atoms with Gasteiger partial charge >= 0.3 is 0 Å². The third-order valence-electron chi connectivity index (χ3n) is 5.09. The zero-order chi connectivity index (χ0) is 14.7. The zero-order valence-corrected chi connectivity index (χ0v) is 13.1. The van der Waals surface area contributed by atoms with E-state index >= 15 is 0 Å². The molecule has 0 radical (unpaired) electrons. The maximum atomic E-state index is 10.2. The van der Waals surface area contributed by atoms with E-state index in [0.717, 1.165) is 12.3 Å². The monoisotopic (exact) mass is 290 g/mol. The molecule has 3 nitrogen and oxygen atoms in total. The minimum atomic E-state index is -0.367. The van der Waals surface area contributed by atoms with Gasteiger partial charge in [0.1, 0.15) is 25.0 Å². The van der Waals surface area contributed by atoms with Crippen LogP contribution in [0.1, 0.15) is 43.7 Å². The highest BCUT2D eigenvalue weighted by molar-refractivity contribution is 5.38. The Morgan fingerprint density at radius 3 is 2.95 bits per heavy atom. The molecular weight excluding hydrogens is 262 g/mol. The quantitative estimate of drug-likeness (QED) is 0.859. The maximum Gasteiger partial charge on any atom is 0.137 e. The Balaban J connectivity index is 1.48. The van der Waals surface area contributed by atoms with Gasteiger partial charge in [-0.15, -0.1) is 0 Å². The first-order valence-electron chi connectivity index (χ1n) is 8.49. The molecule has 1 aliphatic heterocycles. The molecular formula is C18H28NO2+. The van der Waals surface area contributed by atoms with Crippen LogP contribution in [0.15, 0.2) is 18.2 Å². The molecule has 3 heteroatoms. The van der Waals surface area contributed by atoms with Gasteiger partial charge in [-0.3, -0.25) is 0 Å². The molecule has 1 fully saturated rings. The second-order valence-corrected chi connectivity index (χ2v) is 6.76. The lowest BCUT2D eigenvalue weighted by Crippen LogP contribution is -3.17. The van der Waals surface area contributed by atoms with E-state index in [-0.39, 0.29) is 6.10 Å². The molecule has 1 aromatic rings. The van der Waals surface area contributed by atoms with Crippen LogP contribution in [0, 0.1) is 0 Å². The molecule has 0 bridgehead atoms. The summed E-state index contributed by atoms with van der Waals surface area (Å²) in [6.45, 7) is 4.71. The Labute approximate surface area is 127 Å². The predicted molar refractivity (Wildman–Crippen MR) is 84.0 cm³/mol. The number of quaternary nitrogens is 1. The Hall–Kier alpha value is -1.06. The second-order valence-electron chi connectivity index (χ2n) is 6.76. The largest absolute Gasteiger partial charge is 0.491 e. The third kappa shape index (κ3) is 3.78. The second kappa shape index (κ2) is 6.80. The molecule has 1 saturated heterocycles. The number of aryl methyl sites for hydroxylation is 2. The topological polar surface area (TPSA) is 33.9 Å². The van der Waals surface area contributed by atoms with E-state index in [1.165, 1.54) is 61.1 Å². The average Bonchev–Trinajstić information content (AvgIpc) is 2.95. The highest BCUT2D eigenvalue weighted by atomic mass is 16.5. The number of hydrogen-bond acceptors (Lipinski definition) is 2. The van der Waals surface area contributed by atoms with Crippen molar-refractivity contribution in [1.29, 1.82) is 0 Å². The number of aliphatic hydroxyl groups excluding tert-OH is 1. The number of benzene rings is 1. The van der Waals surface area contributed by atoms with Crippen LogP contribution in [0.2, 0.25) is 0 Å². The van der Waals surface area contributed by atoms with Crippen LogP contribution in [0.3, 0.4) is 0 Å². The van der Waals surface area contributed by atoms with Crippen LogP contribution in [0.25, 0.3) is 0 Å². The van der Waals surface area contributed by atoms with E-state index in [1.54, 1.807) is 0 Å². The summed E-state index contributed by atoms with van der Waals surface area (Å²) in [5.74, 6) is 0.913. The van der Waals surface area contributed by atoms with Crippen molar-refractivity contribution < 1.29 is 14.7 Å². The third-order valence-corrected chi connectivity index (χ3v) is 5.09. The molecule has 1 heterocycles. The van der Waals surface area contributed by atoms with Gasteiger partial charge in [-0.2, -0.15) is 0 Å². The number of ether oxygens (including phenoxy) is 1. The van der Waals surface area contributed by atoms with Crippen LogP contribution in [0.4, 0.5) is 0 Å². The Morgan fingerprint density at radius 1 is 1.24 bits per heavy atom. The molecule has 2 aliphatic rings. The Kier molecular flexibility index (Phi) is 4.81. The number of rotatable bonds is 5. The molecule has 1 aliphatic carbocycles. The molecule has 2 N–H and O–H groups in total. The van der Waals surface area contributed by atoms with Crippen LogP contribution in [0.5, 0.6) is 5.75 Å². The molecule has 3 rings (SSSR count). The fourth-order valence-corrected chi connectivity index (χ4v) is 3.75. The smallest absolute Gasteiger partial charge is 0.137 e. The highest BCUT2D eigenvalue weighted by Crippen LogP contribution is 2.25. The fraction of sp³-hybridized carbons (Fsp3) is 0.667. The van der Waals surface area contributed by atoms with Gasteiger partial charge in [0.2, 0.25) is 0 Å². The van der Waals surface area contributed by atoms with Crippen LogP contribution < -0.4 is 9.64 Å². The molecule has 1 unspecified atom stereocenters. The van der Waals surface area contributed by atoms with Crippen molar-refractivity contribution in [3.63, 3.8) is 0 Å². The summed E-state index contributed by atoms with van der Waals surface area (Å²) in [7, 11) is 0. The van der Waals surface area contributed by atoms with Crippen molar-refractivity contribution in [3.8, 4) is 5.75 Å². The molecule has 0 saturated carbocycles. The van der Waals surface area contributed by atoms with Crippen molar-refractivity contribution >= 4 is 0 Å². The van der Waals surface area contributed by atoms with E-state index in [2.05, 4.69) is 19.1 Å². The summed E-state index contributed by atoms with van der Waals surface area (Å²) in [6, 6.07) is 7.06. The number of likely N-dealkylation sites (tertiary alicyclic amines) is 1. The van der Waals surface area contributed by atoms with E-state index in [1.807, 2.05) is 6.07 Å². The lowest BCUT2D eigenvalue weighted by Gasteiger charge is -2.31. The van der Waals surface area contributed by atoms with E-state index in [4.69, 9.17) is 4.74 Å². The van der Waals surface area contributed by atoms with Crippen molar-refractivity contribution in [1.82, 2.24) is 0 Å². The van der Waals surface area contributed by atoms with Crippen LogP contribution >= 0.6 is 0 Å². The first kappa shape index (κ1) is 14.9. The summed E-state index contributed by atoms with van der Waals surface area (Å²) in [4.78, 5) is 1.53. The van der Waals surface area contributed by atoms with Gasteiger partial charge in [0.25, 0.3) is 0 Å². The number of aliphatic hydroxyl groups is 1. The summed E-state index contributed by atoms with van der Waals surface area (Å²) in [6.07, 6.45) is 7.18. The zero-order valence-electron chi connectivity index (χ0n) is 13.1. The van der Waals surface area contributed by atoms with Crippen LogP contribution in [-0.2, 0) is 12.8 Å². The summed E-state index contributed by atoms with van der Waals surface area (Å²) < 4.78 is 5.81. The normalized spacial score (nSPS) is 26.4. The number of hydrogen-bond donors (Lipinski definition) is 2. The van der Waals surface area contributed by atoms with Gasteiger partial charge in [-0.1, -0.05) is 6.07 Å². The van der Waals surface area contributed by atoms with Crippen molar-refractivity contribution in [2.24, 2.45) is 0 Å².